The van der Waals surface area contributed by atoms with Crippen molar-refractivity contribution in [2.24, 2.45) is 7.05 Å². The van der Waals surface area contributed by atoms with Crippen molar-refractivity contribution in [1.29, 1.82) is 0 Å². The van der Waals surface area contributed by atoms with E-state index in [0.717, 1.165) is 22.8 Å². The Morgan fingerprint density at radius 3 is 2.74 bits per heavy atom. The molecule has 0 saturated carbocycles. The second-order valence-electron chi connectivity index (χ2n) is 4.74. The molecule has 0 aliphatic carbocycles. The number of amides is 1. The van der Waals surface area contributed by atoms with E-state index < -0.39 is 0 Å². The first-order valence-corrected chi connectivity index (χ1v) is 6.20. The molecule has 2 rings (SSSR count). The fourth-order valence-corrected chi connectivity index (χ4v) is 2.06. The van der Waals surface area contributed by atoms with Crippen LogP contribution in [0.3, 0.4) is 0 Å². The van der Waals surface area contributed by atoms with Crippen LogP contribution in [-0.2, 0) is 24.8 Å². The lowest BCUT2D eigenvalue weighted by Gasteiger charge is -2.15. The van der Waals surface area contributed by atoms with E-state index in [0.29, 0.717) is 13.0 Å². The number of rotatable bonds is 4. The molecule has 6 nitrogen and oxygen atoms in total. The van der Waals surface area contributed by atoms with E-state index >= 15 is 0 Å². The molecule has 0 aromatic carbocycles. The highest BCUT2D eigenvalue weighted by atomic mass is 16.2. The maximum absolute atomic E-state index is 12.2. The van der Waals surface area contributed by atoms with Crippen LogP contribution in [-0.4, -0.2) is 37.6 Å². The number of aryl methyl sites for hydroxylation is 2. The standard InChI is InChI=1S/C13H19N5O/c1-9-11(10(2)18(4)16-9)7-13(19)17(3)8-12-14-5-6-15-12/h5-6H,7-8H2,1-4H3,(H,14,15). The molecule has 102 valence electrons. The topological polar surface area (TPSA) is 66.8 Å². The van der Waals surface area contributed by atoms with Crippen LogP contribution in [0.25, 0.3) is 0 Å². The molecule has 0 radical (unpaired) electrons. The van der Waals surface area contributed by atoms with Crippen LogP contribution in [0.4, 0.5) is 0 Å². The minimum Gasteiger partial charge on any atom is -0.347 e. The van der Waals surface area contributed by atoms with Crippen LogP contribution in [0.5, 0.6) is 0 Å². The van der Waals surface area contributed by atoms with Crippen LogP contribution in [0.2, 0.25) is 0 Å². The summed E-state index contributed by atoms with van der Waals surface area (Å²) in [5, 5.41) is 4.33. The van der Waals surface area contributed by atoms with Gasteiger partial charge in [-0.15, -0.1) is 0 Å². The van der Waals surface area contributed by atoms with Crippen molar-refractivity contribution in [2.75, 3.05) is 7.05 Å². The molecule has 0 unspecified atom stereocenters. The van der Waals surface area contributed by atoms with Crippen molar-refractivity contribution in [3.63, 3.8) is 0 Å². The zero-order chi connectivity index (χ0) is 14.0. The Bertz CT molecular complexity index is 570. The molecular formula is C13H19N5O. The van der Waals surface area contributed by atoms with Gasteiger partial charge in [0, 0.05) is 37.7 Å². The van der Waals surface area contributed by atoms with Gasteiger partial charge in [-0.25, -0.2) is 4.98 Å². The minimum atomic E-state index is 0.0654. The number of likely N-dealkylation sites (N-methyl/N-ethyl adjacent to an activating group) is 1. The number of nitrogens with one attached hydrogen (secondary N) is 1. The highest BCUT2D eigenvalue weighted by Gasteiger charge is 2.16. The van der Waals surface area contributed by atoms with E-state index in [9.17, 15) is 4.79 Å². The smallest absolute Gasteiger partial charge is 0.227 e. The van der Waals surface area contributed by atoms with E-state index in [-0.39, 0.29) is 5.91 Å². The SMILES string of the molecule is Cc1nn(C)c(C)c1CC(=O)N(C)Cc1ncc[nH]1. The molecule has 0 bridgehead atoms. The largest absolute Gasteiger partial charge is 0.347 e. The third-order valence-corrected chi connectivity index (χ3v) is 3.35. The number of hydrogen-bond acceptors (Lipinski definition) is 3. The highest BCUT2D eigenvalue weighted by Crippen LogP contribution is 2.13. The quantitative estimate of drug-likeness (QED) is 0.891. The zero-order valence-electron chi connectivity index (χ0n) is 11.8. The monoisotopic (exact) mass is 261 g/mol. The number of carbonyl (C=O) groups excluding carboxylic acids is 1. The molecule has 6 heteroatoms. The summed E-state index contributed by atoms with van der Waals surface area (Å²) in [6.45, 7) is 4.40. The number of aromatic nitrogens is 4. The molecule has 0 saturated heterocycles. The van der Waals surface area contributed by atoms with Gasteiger partial charge in [0.15, 0.2) is 0 Å². The summed E-state index contributed by atoms with van der Waals surface area (Å²) in [6, 6.07) is 0. The summed E-state index contributed by atoms with van der Waals surface area (Å²) in [7, 11) is 3.68. The Labute approximate surface area is 112 Å². The fourth-order valence-electron chi connectivity index (χ4n) is 2.06. The van der Waals surface area contributed by atoms with Gasteiger partial charge in [-0.1, -0.05) is 0 Å². The molecular weight excluding hydrogens is 242 g/mol. The number of imidazole rings is 1. The van der Waals surface area contributed by atoms with Crippen molar-refractivity contribution in [1.82, 2.24) is 24.6 Å². The first-order chi connectivity index (χ1) is 8.99. The third kappa shape index (κ3) is 2.83. The molecule has 19 heavy (non-hydrogen) atoms. The predicted octanol–water partition coefficient (Wildman–Crippen LogP) is 0.961. The predicted molar refractivity (Wildman–Crippen MR) is 71.4 cm³/mol. The average Bonchev–Trinajstić information content (AvgIpc) is 2.94. The summed E-state index contributed by atoms with van der Waals surface area (Å²) in [4.78, 5) is 21.0. The number of aromatic amines is 1. The second kappa shape index (κ2) is 5.26. The fraction of sp³-hybridized carbons (Fsp3) is 0.462. The van der Waals surface area contributed by atoms with Crippen molar-refractivity contribution < 1.29 is 4.79 Å². The summed E-state index contributed by atoms with van der Waals surface area (Å²) in [5.41, 5.74) is 2.97. The minimum absolute atomic E-state index is 0.0654. The van der Waals surface area contributed by atoms with Crippen molar-refractivity contribution in [2.45, 2.75) is 26.8 Å². The van der Waals surface area contributed by atoms with E-state index in [1.165, 1.54) is 0 Å². The van der Waals surface area contributed by atoms with Gasteiger partial charge in [-0.2, -0.15) is 5.10 Å². The van der Waals surface area contributed by atoms with Crippen LogP contribution >= 0.6 is 0 Å². The molecule has 0 aliphatic heterocycles. The van der Waals surface area contributed by atoms with E-state index in [2.05, 4.69) is 15.1 Å². The van der Waals surface area contributed by atoms with Gasteiger partial charge in [-0.05, 0) is 13.8 Å². The highest BCUT2D eigenvalue weighted by molar-refractivity contribution is 5.79. The Morgan fingerprint density at radius 2 is 2.21 bits per heavy atom. The number of carbonyl (C=O) groups is 1. The molecule has 0 fully saturated rings. The summed E-state index contributed by atoms with van der Waals surface area (Å²) >= 11 is 0. The second-order valence-corrected chi connectivity index (χ2v) is 4.74. The first-order valence-electron chi connectivity index (χ1n) is 6.20. The van der Waals surface area contributed by atoms with Gasteiger partial charge in [0.05, 0.1) is 18.7 Å². The molecule has 1 amide bonds. The number of H-pyrrole nitrogens is 1. The molecule has 1 N–H and O–H groups in total. The lowest BCUT2D eigenvalue weighted by molar-refractivity contribution is -0.129. The van der Waals surface area contributed by atoms with Crippen LogP contribution in [0.15, 0.2) is 12.4 Å². The van der Waals surface area contributed by atoms with Crippen LogP contribution < -0.4 is 0 Å². The first kappa shape index (κ1) is 13.3. The normalized spacial score (nSPS) is 10.7. The van der Waals surface area contributed by atoms with E-state index in [1.54, 1.807) is 24.3 Å². The van der Waals surface area contributed by atoms with Crippen molar-refractivity contribution >= 4 is 5.91 Å². The maximum atomic E-state index is 12.2. The van der Waals surface area contributed by atoms with Crippen molar-refractivity contribution in [3.05, 3.63) is 35.2 Å². The van der Waals surface area contributed by atoms with Gasteiger partial charge in [-0.3, -0.25) is 9.48 Å². The van der Waals surface area contributed by atoms with Gasteiger partial charge in [0.1, 0.15) is 5.82 Å². The number of hydrogen-bond donors (Lipinski definition) is 1. The Morgan fingerprint density at radius 1 is 1.47 bits per heavy atom. The lowest BCUT2D eigenvalue weighted by Crippen LogP contribution is -2.28. The van der Waals surface area contributed by atoms with E-state index in [4.69, 9.17) is 0 Å². The summed E-state index contributed by atoms with van der Waals surface area (Å²) in [6.07, 6.45) is 3.81. The number of nitrogens with zero attached hydrogens (tertiary/aromatic N) is 4. The molecule has 0 aliphatic rings. The molecule has 2 aromatic rings. The van der Waals surface area contributed by atoms with E-state index in [1.807, 2.05) is 25.6 Å². The van der Waals surface area contributed by atoms with Crippen LogP contribution in [0.1, 0.15) is 22.8 Å². The van der Waals surface area contributed by atoms with Crippen LogP contribution in [0, 0.1) is 13.8 Å². The van der Waals surface area contributed by atoms with Gasteiger partial charge in [0.2, 0.25) is 5.91 Å². The Balaban J connectivity index is 2.04. The Hall–Kier alpha value is -2.11. The lowest BCUT2D eigenvalue weighted by atomic mass is 10.1. The Kier molecular flexibility index (Phi) is 3.69. The molecule has 0 atom stereocenters. The molecule has 2 aromatic heterocycles. The average molecular weight is 261 g/mol. The summed E-state index contributed by atoms with van der Waals surface area (Å²) in [5.74, 6) is 0.853. The third-order valence-electron chi connectivity index (χ3n) is 3.35. The van der Waals surface area contributed by atoms with Gasteiger partial charge >= 0.3 is 0 Å². The molecule has 0 spiro atoms. The zero-order valence-corrected chi connectivity index (χ0v) is 11.8. The molecule has 2 heterocycles. The maximum Gasteiger partial charge on any atom is 0.227 e. The summed E-state index contributed by atoms with van der Waals surface area (Å²) < 4.78 is 1.81. The van der Waals surface area contributed by atoms with Gasteiger partial charge in [0.25, 0.3) is 0 Å². The van der Waals surface area contributed by atoms with Gasteiger partial charge < -0.3 is 9.88 Å². The van der Waals surface area contributed by atoms with Crippen molar-refractivity contribution in [3.8, 4) is 0 Å².